The fraction of sp³-hybridized carbons (Fsp3) is 0.400. The maximum atomic E-state index is 4.71. The minimum Gasteiger partial charge on any atom is -0.383 e. The summed E-state index contributed by atoms with van der Waals surface area (Å²) in [6.07, 6.45) is 0. The second-order valence-electron chi connectivity index (χ2n) is 3.86. The first-order valence-corrected chi connectivity index (χ1v) is 5.62. The van der Waals surface area contributed by atoms with Gasteiger partial charge in [-0.2, -0.15) is 0 Å². The second-order valence-corrected chi connectivity index (χ2v) is 4.78. The Morgan fingerprint density at radius 1 is 1.40 bits per heavy atom. The Kier molecular flexibility index (Phi) is 2.90. The standard InChI is InChI=1S/C10H12BrN3O/c1-6(2)5-12-8-3-7(11)4-9-10(8)14-15-13-9/h3-4,6,12H,5H2,1-2H3. The molecule has 0 radical (unpaired) electrons. The number of anilines is 1. The van der Waals surface area contributed by atoms with Crippen LogP contribution in [0.1, 0.15) is 13.8 Å². The molecule has 0 spiro atoms. The van der Waals surface area contributed by atoms with Crippen molar-refractivity contribution in [1.82, 2.24) is 10.3 Å². The van der Waals surface area contributed by atoms with Gasteiger partial charge >= 0.3 is 0 Å². The van der Waals surface area contributed by atoms with E-state index in [0.29, 0.717) is 5.92 Å². The van der Waals surface area contributed by atoms with Crippen molar-refractivity contribution in [1.29, 1.82) is 0 Å². The van der Waals surface area contributed by atoms with E-state index in [0.717, 1.165) is 27.7 Å². The fourth-order valence-corrected chi connectivity index (χ4v) is 1.75. The Labute approximate surface area is 96.1 Å². The van der Waals surface area contributed by atoms with Crippen LogP contribution in [0.2, 0.25) is 0 Å². The largest absolute Gasteiger partial charge is 0.383 e. The number of hydrogen-bond acceptors (Lipinski definition) is 4. The zero-order chi connectivity index (χ0) is 10.8. The van der Waals surface area contributed by atoms with Gasteiger partial charge in [0.1, 0.15) is 5.52 Å². The van der Waals surface area contributed by atoms with E-state index in [2.05, 4.69) is 45.4 Å². The van der Waals surface area contributed by atoms with E-state index in [-0.39, 0.29) is 0 Å². The predicted octanol–water partition coefficient (Wildman–Crippen LogP) is 3.05. The van der Waals surface area contributed by atoms with Crippen LogP contribution >= 0.6 is 15.9 Å². The fourth-order valence-electron chi connectivity index (χ4n) is 1.30. The molecule has 0 aliphatic heterocycles. The SMILES string of the molecule is CC(C)CNc1cc(Br)cc2nonc12. The van der Waals surface area contributed by atoms with Crippen molar-refractivity contribution in [2.45, 2.75) is 13.8 Å². The van der Waals surface area contributed by atoms with Crippen LogP contribution in [0.25, 0.3) is 11.0 Å². The molecule has 2 aromatic rings. The molecular formula is C10H12BrN3O. The lowest BCUT2D eigenvalue weighted by molar-refractivity contribution is 0.315. The van der Waals surface area contributed by atoms with Gasteiger partial charge in [-0.3, -0.25) is 0 Å². The van der Waals surface area contributed by atoms with Gasteiger partial charge in [0.15, 0.2) is 5.52 Å². The summed E-state index contributed by atoms with van der Waals surface area (Å²) in [6.45, 7) is 5.21. The molecule has 0 bridgehead atoms. The molecule has 1 N–H and O–H groups in total. The lowest BCUT2D eigenvalue weighted by Crippen LogP contribution is -2.08. The summed E-state index contributed by atoms with van der Waals surface area (Å²) >= 11 is 3.43. The lowest BCUT2D eigenvalue weighted by Gasteiger charge is -2.08. The molecule has 0 fully saturated rings. The van der Waals surface area contributed by atoms with E-state index in [1.807, 2.05) is 12.1 Å². The van der Waals surface area contributed by atoms with Gasteiger partial charge in [-0.15, -0.1) is 0 Å². The van der Waals surface area contributed by atoms with E-state index < -0.39 is 0 Å². The molecule has 2 rings (SSSR count). The van der Waals surface area contributed by atoms with Gasteiger partial charge in [-0.25, -0.2) is 4.63 Å². The summed E-state index contributed by atoms with van der Waals surface area (Å²) < 4.78 is 5.68. The number of halogens is 1. The first-order valence-electron chi connectivity index (χ1n) is 4.82. The van der Waals surface area contributed by atoms with Crippen LogP contribution in [0.3, 0.4) is 0 Å². The van der Waals surface area contributed by atoms with Crippen molar-refractivity contribution in [3.63, 3.8) is 0 Å². The topological polar surface area (TPSA) is 51.0 Å². The molecule has 0 saturated heterocycles. The van der Waals surface area contributed by atoms with Gasteiger partial charge < -0.3 is 5.32 Å². The van der Waals surface area contributed by atoms with Crippen molar-refractivity contribution in [2.24, 2.45) is 5.92 Å². The van der Waals surface area contributed by atoms with Crippen molar-refractivity contribution < 1.29 is 4.63 Å². The first kappa shape index (κ1) is 10.4. The van der Waals surface area contributed by atoms with Crippen LogP contribution in [0.5, 0.6) is 0 Å². The number of fused-ring (bicyclic) bond motifs is 1. The average Bonchev–Trinajstić information content (AvgIpc) is 2.61. The molecule has 15 heavy (non-hydrogen) atoms. The zero-order valence-electron chi connectivity index (χ0n) is 8.62. The Morgan fingerprint density at radius 3 is 2.93 bits per heavy atom. The minimum absolute atomic E-state index is 0.582. The monoisotopic (exact) mass is 269 g/mol. The molecule has 0 atom stereocenters. The highest BCUT2D eigenvalue weighted by Gasteiger charge is 2.08. The van der Waals surface area contributed by atoms with Crippen LogP contribution in [-0.4, -0.2) is 16.9 Å². The maximum absolute atomic E-state index is 4.71. The van der Waals surface area contributed by atoms with Crippen LogP contribution in [0.4, 0.5) is 5.69 Å². The molecular weight excluding hydrogens is 258 g/mol. The van der Waals surface area contributed by atoms with Crippen LogP contribution in [-0.2, 0) is 0 Å². The number of nitrogens with zero attached hydrogens (tertiary/aromatic N) is 2. The van der Waals surface area contributed by atoms with Crippen molar-refractivity contribution in [3.8, 4) is 0 Å². The molecule has 0 unspecified atom stereocenters. The minimum atomic E-state index is 0.582. The number of benzene rings is 1. The molecule has 0 saturated carbocycles. The highest BCUT2D eigenvalue weighted by Crippen LogP contribution is 2.25. The molecule has 80 valence electrons. The smallest absolute Gasteiger partial charge is 0.158 e. The van der Waals surface area contributed by atoms with E-state index in [4.69, 9.17) is 4.63 Å². The summed E-state index contributed by atoms with van der Waals surface area (Å²) in [5.74, 6) is 0.582. The molecule has 4 nitrogen and oxygen atoms in total. The number of hydrogen-bond donors (Lipinski definition) is 1. The summed E-state index contributed by atoms with van der Waals surface area (Å²) in [6, 6.07) is 3.86. The Morgan fingerprint density at radius 2 is 2.20 bits per heavy atom. The van der Waals surface area contributed by atoms with Gasteiger partial charge in [0.05, 0.1) is 5.69 Å². The van der Waals surface area contributed by atoms with Gasteiger partial charge in [0.2, 0.25) is 0 Å². The van der Waals surface area contributed by atoms with Gasteiger partial charge in [-0.1, -0.05) is 29.8 Å². The molecule has 0 aliphatic rings. The Bertz CT molecular complexity index is 467. The van der Waals surface area contributed by atoms with E-state index >= 15 is 0 Å². The van der Waals surface area contributed by atoms with Crippen LogP contribution in [0, 0.1) is 5.92 Å². The van der Waals surface area contributed by atoms with Crippen LogP contribution in [0.15, 0.2) is 21.2 Å². The number of rotatable bonds is 3. The summed E-state index contributed by atoms with van der Waals surface area (Å²) in [5.41, 5.74) is 2.49. The predicted molar refractivity (Wildman–Crippen MR) is 62.8 cm³/mol. The summed E-state index contributed by atoms with van der Waals surface area (Å²) in [4.78, 5) is 0. The van der Waals surface area contributed by atoms with E-state index in [1.165, 1.54) is 0 Å². The molecule has 5 heteroatoms. The zero-order valence-corrected chi connectivity index (χ0v) is 10.2. The third-order valence-corrected chi connectivity index (χ3v) is 2.48. The highest BCUT2D eigenvalue weighted by atomic mass is 79.9. The lowest BCUT2D eigenvalue weighted by atomic mass is 10.2. The molecule has 1 aromatic carbocycles. The Balaban J connectivity index is 2.35. The van der Waals surface area contributed by atoms with E-state index in [9.17, 15) is 0 Å². The first-order chi connectivity index (χ1) is 7.16. The van der Waals surface area contributed by atoms with Gasteiger partial charge in [0.25, 0.3) is 0 Å². The average molecular weight is 270 g/mol. The van der Waals surface area contributed by atoms with Crippen molar-refractivity contribution in [2.75, 3.05) is 11.9 Å². The summed E-state index contributed by atoms with van der Waals surface area (Å²) in [7, 11) is 0. The molecule has 0 amide bonds. The number of aromatic nitrogens is 2. The molecule has 0 aliphatic carbocycles. The van der Waals surface area contributed by atoms with E-state index in [1.54, 1.807) is 0 Å². The quantitative estimate of drug-likeness (QED) is 0.931. The summed E-state index contributed by atoms with van der Waals surface area (Å²) in [5, 5.41) is 11.0. The van der Waals surface area contributed by atoms with Gasteiger partial charge in [0, 0.05) is 11.0 Å². The van der Waals surface area contributed by atoms with Crippen LogP contribution < -0.4 is 5.32 Å². The third-order valence-electron chi connectivity index (χ3n) is 2.03. The number of nitrogens with one attached hydrogen (secondary N) is 1. The van der Waals surface area contributed by atoms with Gasteiger partial charge in [-0.05, 0) is 28.4 Å². The normalized spacial score (nSPS) is 11.2. The highest BCUT2D eigenvalue weighted by molar-refractivity contribution is 9.10. The third kappa shape index (κ3) is 2.28. The molecule has 1 aromatic heterocycles. The van der Waals surface area contributed by atoms with Crippen molar-refractivity contribution in [3.05, 3.63) is 16.6 Å². The maximum Gasteiger partial charge on any atom is 0.158 e. The second kappa shape index (κ2) is 4.18. The Hall–Kier alpha value is -1.10. The van der Waals surface area contributed by atoms with Crippen molar-refractivity contribution >= 4 is 32.7 Å². The molecule has 1 heterocycles.